The lowest BCUT2D eigenvalue weighted by atomic mass is 9.81. The number of rotatable bonds is 4. The van der Waals surface area contributed by atoms with E-state index in [4.69, 9.17) is 11.6 Å². The molecule has 0 aliphatic carbocycles. The minimum absolute atomic E-state index is 0. The molecule has 1 fully saturated rings. The van der Waals surface area contributed by atoms with Crippen LogP contribution in [0.2, 0.25) is 5.02 Å². The lowest BCUT2D eigenvalue weighted by Crippen LogP contribution is -2.42. The molecule has 0 radical (unpaired) electrons. The van der Waals surface area contributed by atoms with E-state index in [1.54, 1.807) is 6.07 Å². The van der Waals surface area contributed by atoms with Crippen LogP contribution in [0.25, 0.3) is 0 Å². The molecule has 1 aromatic rings. The third-order valence-electron chi connectivity index (χ3n) is 3.70. The molecular formula is C13H19BrCl2N2O2S. The SMILES string of the molecule is CC1(CNS(=O)(=O)c2ccc(Cl)c(Br)c2)CCNCC1.Cl. The van der Waals surface area contributed by atoms with Crippen LogP contribution in [0.1, 0.15) is 19.8 Å². The van der Waals surface area contributed by atoms with Crippen LogP contribution < -0.4 is 10.0 Å². The monoisotopic (exact) mass is 416 g/mol. The van der Waals surface area contributed by atoms with Gasteiger partial charge in [0.15, 0.2) is 0 Å². The van der Waals surface area contributed by atoms with Crippen LogP contribution in [0.5, 0.6) is 0 Å². The minimum atomic E-state index is -3.50. The first-order valence-corrected chi connectivity index (χ1v) is 9.13. The third kappa shape index (κ3) is 5.08. The van der Waals surface area contributed by atoms with Crippen molar-refractivity contribution in [1.29, 1.82) is 0 Å². The third-order valence-corrected chi connectivity index (χ3v) is 6.31. The molecule has 0 saturated carbocycles. The van der Waals surface area contributed by atoms with Crippen molar-refractivity contribution in [3.63, 3.8) is 0 Å². The molecule has 0 bridgehead atoms. The number of hydrogen-bond donors (Lipinski definition) is 2. The zero-order chi connectivity index (χ0) is 14.8. The molecule has 0 aromatic heterocycles. The van der Waals surface area contributed by atoms with Gasteiger partial charge in [0.2, 0.25) is 10.0 Å². The van der Waals surface area contributed by atoms with Crippen LogP contribution in [0.3, 0.4) is 0 Å². The Morgan fingerprint density at radius 2 is 2.00 bits per heavy atom. The van der Waals surface area contributed by atoms with Gasteiger partial charge in [-0.3, -0.25) is 0 Å². The molecule has 0 spiro atoms. The average Bonchev–Trinajstić information content (AvgIpc) is 2.41. The minimum Gasteiger partial charge on any atom is -0.317 e. The molecule has 1 aliphatic heterocycles. The molecule has 2 rings (SSSR count). The first kappa shape index (κ1) is 19.2. The van der Waals surface area contributed by atoms with Gasteiger partial charge in [-0.1, -0.05) is 18.5 Å². The number of hydrogen-bond acceptors (Lipinski definition) is 3. The Kier molecular flexibility index (Phi) is 6.96. The summed E-state index contributed by atoms with van der Waals surface area (Å²) in [7, 11) is -3.50. The summed E-state index contributed by atoms with van der Waals surface area (Å²) < 4.78 is 27.9. The van der Waals surface area contributed by atoms with Crippen molar-refractivity contribution >= 4 is 50.0 Å². The summed E-state index contributed by atoms with van der Waals surface area (Å²) in [5.41, 5.74) is 0.0159. The van der Waals surface area contributed by atoms with E-state index in [1.807, 2.05) is 0 Å². The molecule has 2 N–H and O–H groups in total. The first-order chi connectivity index (χ1) is 9.32. The first-order valence-electron chi connectivity index (χ1n) is 6.48. The van der Waals surface area contributed by atoms with Gasteiger partial charge >= 0.3 is 0 Å². The van der Waals surface area contributed by atoms with Crippen LogP contribution >= 0.6 is 39.9 Å². The normalized spacial score (nSPS) is 18.0. The Bertz CT molecular complexity index is 590. The van der Waals surface area contributed by atoms with Crippen molar-refractivity contribution in [1.82, 2.24) is 10.0 Å². The maximum Gasteiger partial charge on any atom is 0.240 e. The van der Waals surface area contributed by atoms with Gasteiger partial charge in [-0.05, 0) is 65.5 Å². The Morgan fingerprint density at radius 3 is 2.57 bits per heavy atom. The van der Waals surface area contributed by atoms with Crippen molar-refractivity contribution in [2.24, 2.45) is 5.41 Å². The second-order valence-corrected chi connectivity index (χ2v) is 8.49. The highest BCUT2D eigenvalue weighted by atomic mass is 79.9. The summed E-state index contributed by atoms with van der Waals surface area (Å²) in [6.07, 6.45) is 1.94. The van der Waals surface area contributed by atoms with E-state index in [0.29, 0.717) is 16.0 Å². The predicted octanol–water partition coefficient (Wildman–Crippen LogP) is 3.19. The van der Waals surface area contributed by atoms with Crippen molar-refractivity contribution in [2.75, 3.05) is 19.6 Å². The van der Waals surface area contributed by atoms with Crippen LogP contribution in [0.15, 0.2) is 27.6 Å². The molecule has 1 aromatic carbocycles. The van der Waals surface area contributed by atoms with Gasteiger partial charge in [0.25, 0.3) is 0 Å². The highest BCUT2D eigenvalue weighted by molar-refractivity contribution is 9.10. The summed E-state index contributed by atoms with van der Waals surface area (Å²) in [6.45, 7) is 4.45. The zero-order valence-electron chi connectivity index (χ0n) is 11.7. The fraction of sp³-hybridized carbons (Fsp3) is 0.538. The molecule has 0 unspecified atom stereocenters. The topological polar surface area (TPSA) is 58.2 Å². The summed E-state index contributed by atoms with van der Waals surface area (Å²) in [4.78, 5) is 0.228. The number of piperidine rings is 1. The quantitative estimate of drug-likeness (QED) is 0.790. The fourth-order valence-corrected chi connectivity index (χ4v) is 4.08. The maximum atomic E-state index is 12.3. The van der Waals surface area contributed by atoms with E-state index < -0.39 is 10.0 Å². The van der Waals surface area contributed by atoms with Gasteiger partial charge in [-0.25, -0.2) is 13.1 Å². The number of benzene rings is 1. The molecule has 8 heteroatoms. The highest BCUT2D eigenvalue weighted by Gasteiger charge is 2.28. The maximum absolute atomic E-state index is 12.3. The summed E-state index contributed by atoms with van der Waals surface area (Å²) in [6, 6.07) is 4.61. The highest BCUT2D eigenvalue weighted by Crippen LogP contribution is 2.28. The molecule has 4 nitrogen and oxygen atoms in total. The Balaban J connectivity index is 0.00000220. The van der Waals surface area contributed by atoms with Gasteiger partial charge < -0.3 is 5.32 Å². The van der Waals surface area contributed by atoms with Crippen LogP contribution in [0, 0.1) is 5.41 Å². The summed E-state index contributed by atoms with van der Waals surface area (Å²) in [5.74, 6) is 0. The van der Waals surface area contributed by atoms with Gasteiger partial charge in [-0.15, -0.1) is 12.4 Å². The molecule has 21 heavy (non-hydrogen) atoms. The van der Waals surface area contributed by atoms with E-state index in [2.05, 4.69) is 32.9 Å². The Hall–Kier alpha value is 0.150. The van der Waals surface area contributed by atoms with E-state index in [0.717, 1.165) is 25.9 Å². The van der Waals surface area contributed by atoms with Gasteiger partial charge in [0.1, 0.15) is 0 Å². The molecule has 1 aliphatic rings. The second kappa shape index (κ2) is 7.62. The second-order valence-electron chi connectivity index (χ2n) is 5.46. The molecule has 1 heterocycles. The lowest BCUT2D eigenvalue weighted by Gasteiger charge is -2.34. The van der Waals surface area contributed by atoms with E-state index in [-0.39, 0.29) is 22.7 Å². The zero-order valence-corrected chi connectivity index (χ0v) is 15.6. The molecule has 0 atom stereocenters. The average molecular weight is 418 g/mol. The van der Waals surface area contributed by atoms with E-state index in [9.17, 15) is 8.42 Å². The van der Waals surface area contributed by atoms with Gasteiger partial charge in [0, 0.05) is 11.0 Å². The largest absolute Gasteiger partial charge is 0.317 e. The van der Waals surface area contributed by atoms with E-state index >= 15 is 0 Å². The summed E-state index contributed by atoms with van der Waals surface area (Å²) in [5, 5.41) is 3.78. The Labute approximate surface area is 145 Å². The number of sulfonamides is 1. The molecular weight excluding hydrogens is 399 g/mol. The van der Waals surface area contributed by atoms with Gasteiger partial charge in [-0.2, -0.15) is 0 Å². The van der Waals surface area contributed by atoms with Crippen molar-refractivity contribution < 1.29 is 8.42 Å². The standard InChI is InChI=1S/C13H18BrClN2O2S.ClH/c1-13(4-6-16-7-5-13)9-17-20(18,19)10-2-3-12(15)11(14)8-10;/h2-3,8,16-17H,4-7,9H2,1H3;1H. The van der Waals surface area contributed by atoms with Crippen LogP contribution in [-0.2, 0) is 10.0 Å². The predicted molar refractivity (Wildman–Crippen MR) is 91.8 cm³/mol. The fourth-order valence-electron chi connectivity index (χ4n) is 2.20. The van der Waals surface area contributed by atoms with E-state index in [1.165, 1.54) is 12.1 Å². The smallest absolute Gasteiger partial charge is 0.240 e. The molecule has 1 saturated heterocycles. The van der Waals surface area contributed by atoms with Crippen molar-refractivity contribution in [3.8, 4) is 0 Å². The summed E-state index contributed by atoms with van der Waals surface area (Å²) >= 11 is 9.13. The van der Waals surface area contributed by atoms with Crippen molar-refractivity contribution in [2.45, 2.75) is 24.7 Å². The molecule has 120 valence electrons. The number of halogens is 3. The van der Waals surface area contributed by atoms with Crippen LogP contribution in [0.4, 0.5) is 0 Å². The van der Waals surface area contributed by atoms with Crippen LogP contribution in [-0.4, -0.2) is 28.1 Å². The Morgan fingerprint density at radius 1 is 1.38 bits per heavy atom. The number of nitrogens with one attached hydrogen (secondary N) is 2. The van der Waals surface area contributed by atoms with Gasteiger partial charge in [0.05, 0.1) is 9.92 Å². The molecule has 0 amide bonds. The van der Waals surface area contributed by atoms with Crippen molar-refractivity contribution in [3.05, 3.63) is 27.7 Å². The lowest BCUT2D eigenvalue weighted by molar-refractivity contribution is 0.232.